The fourth-order valence-electron chi connectivity index (χ4n) is 3.97. The number of aryl methyl sites for hydroxylation is 2. The van der Waals surface area contributed by atoms with Crippen molar-refractivity contribution in [3.8, 4) is 0 Å². The van der Waals surface area contributed by atoms with Gasteiger partial charge in [0.05, 0.1) is 13.6 Å². The van der Waals surface area contributed by atoms with Gasteiger partial charge in [0, 0.05) is 38.6 Å². The van der Waals surface area contributed by atoms with Gasteiger partial charge in [0.15, 0.2) is 5.60 Å². The van der Waals surface area contributed by atoms with Crippen LogP contribution in [-0.2, 0) is 24.0 Å². The Morgan fingerprint density at radius 1 is 1.38 bits per heavy atom. The number of imidazole rings is 1. The highest BCUT2D eigenvalue weighted by Crippen LogP contribution is 2.47. The van der Waals surface area contributed by atoms with Crippen LogP contribution in [0, 0.1) is 12.8 Å². The highest BCUT2D eigenvalue weighted by atomic mass is 127. The molecule has 1 unspecified atom stereocenters. The summed E-state index contributed by atoms with van der Waals surface area (Å²) in [5.41, 5.74) is -1.58. The summed E-state index contributed by atoms with van der Waals surface area (Å²) in [5, 5.41) is 14.1. The number of nitrogens with one attached hydrogen (secondary N) is 1. The maximum absolute atomic E-state index is 13.8. The molecule has 0 aliphatic heterocycles. The summed E-state index contributed by atoms with van der Waals surface area (Å²) in [7, 11) is 1.96. The molecule has 1 saturated carbocycles. The van der Waals surface area contributed by atoms with Gasteiger partial charge in [-0.2, -0.15) is 0 Å². The first-order valence-electron chi connectivity index (χ1n) is 9.69. The van der Waals surface area contributed by atoms with Crippen molar-refractivity contribution in [1.82, 2.24) is 9.88 Å². The monoisotopic (exact) mass is 519 g/mol. The van der Waals surface area contributed by atoms with Gasteiger partial charge in [-0.05, 0) is 12.0 Å². The molecule has 0 saturated heterocycles. The Kier molecular flexibility index (Phi) is 7.78. The van der Waals surface area contributed by atoms with E-state index in [4.69, 9.17) is 0 Å². The number of hydrogen-bond donors (Lipinski definition) is 2. The van der Waals surface area contributed by atoms with Crippen LogP contribution in [0.5, 0.6) is 0 Å². The van der Waals surface area contributed by atoms with Gasteiger partial charge < -0.3 is 34.4 Å². The number of nitrogens with zero attached hydrogens (tertiary/aromatic N) is 2. The van der Waals surface area contributed by atoms with E-state index in [-0.39, 0.29) is 36.8 Å². The van der Waals surface area contributed by atoms with Crippen molar-refractivity contribution in [2.75, 3.05) is 6.54 Å². The molecule has 1 aliphatic carbocycles. The summed E-state index contributed by atoms with van der Waals surface area (Å²) >= 11 is 0. The molecule has 160 valence electrons. The summed E-state index contributed by atoms with van der Waals surface area (Å²) in [5.74, 6) is -3.15. The Bertz CT molecular complexity index is 829. The molecule has 8 heteroatoms. The molecule has 5 nitrogen and oxygen atoms in total. The first-order valence-corrected chi connectivity index (χ1v) is 9.69. The van der Waals surface area contributed by atoms with E-state index in [0.717, 1.165) is 12.4 Å². The zero-order chi connectivity index (χ0) is 20.4. The summed E-state index contributed by atoms with van der Waals surface area (Å²) in [6, 6.07) is 8.42. The Hall–Kier alpha value is -1.55. The highest BCUT2D eigenvalue weighted by Gasteiger charge is 2.53. The maximum atomic E-state index is 13.8. The highest BCUT2D eigenvalue weighted by molar-refractivity contribution is 5.86. The molecule has 0 radical (unpaired) electrons. The van der Waals surface area contributed by atoms with E-state index < -0.39 is 29.8 Å². The molecule has 2 aromatic rings. The smallest absolute Gasteiger partial charge is 0.256 e. The molecule has 1 aliphatic rings. The van der Waals surface area contributed by atoms with Gasteiger partial charge in [-0.1, -0.05) is 30.3 Å². The average molecular weight is 519 g/mol. The Balaban J connectivity index is 0.00000300. The maximum Gasteiger partial charge on any atom is 0.256 e. The van der Waals surface area contributed by atoms with Crippen molar-refractivity contribution in [3.63, 3.8) is 0 Å². The Morgan fingerprint density at radius 2 is 2.07 bits per heavy atom. The van der Waals surface area contributed by atoms with Gasteiger partial charge in [0.25, 0.3) is 11.7 Å². The molecule has 1 aromatic heterocycles. The van der Waals surface area contributed by atoms with Crippen LogP contribution in [0.4, 0.5) is 8.78 Å². The quantitative estimate of drug-likeness (QED) is 0.293. The normalized spacial score (nSPS) is 20.0. The van der Waals surface area contributed by atoms with E-state index in [9.17, 15) is 18.7 Å². The molecule has 1 heterocycles. The molecule has 0 spiro atoms. The van der Waals surface area contributed by atoms with Crippen LogP contribution in [0.1, 0.15) is 37.1 Å². The van der Waals surface area contributed by atoms with Crippen LogP contribution in [0.3, 0.4) is 0 Å². The van der Waals surface area contributed by atoms with Crippen LogP contribution >= 0.6 is 0 Å². The molecular weight excluding hydrogens is 491 g/mol. The van der Waals surface area contributed by atoms with Crippen LogP contribution in [0.25, 0.3) is 0 Å². The molecule has 2 atom stereocenters. The first-order chi connectivity index (χ1) is 13.2. The summed E-state index contributed by atoms with van der Waals surface area (Å²) in [6.45, 7) is 3.09. The lowest BCUT2D eigenvalue weighted by Crippen LogP contribution is -3.00. The van der Waals surface area contributed by atoms with E-state index in [2.05, 4.69) is 9.88 Å². The summed E-state index contributed by atoms with van der Waals surface area (Å²) < 4.78 is 31.7. The number of hydrogen-bond acceptors (Lipinski definition) is 2. The number of halogens is 3. The van der Waals surface area contributed by atoms with Gasteiger partial charge in [0.2, 0.25) is 5.92 Å². The van der Waals surface area contributed by atoms with E-state index in [1.54, 1.807) is 30.3 Å². The lowest BCUT2D eigenvalue weighted by Gasteiger charge is -2.33. The van der Waals surface area contributed by atoms with E-state index in [1.807, 2.05) is 30.9 Å². The standard InChI is InChI=1S/C21H27F2N3O2.HI/c1-16-25(2)13-14-26(16)12-6-11-24-19(27)21(28,17-7-4-3-5-8-17)18-9-10-20(22,23)15-18;/h3-5,7-8,13-14,18,28H,6,9-12,15H2,1-2H3;1H/t18?,21-;/m0./s1. The molecular formula is C21H28F2IN3O2. The number of aliphatic hydroxyl groups is 1. The molecule has 1 amide bonds. The average Bonchev–Trinajstić information content (AvgIpc) is 3.21. The van der Waals surface area contributed by atoms with E-state index >= 15 is 0 Å². The van der Waals surface area contributed by atoms with Gasteiger partial charge in [0.1, 0.15) is 12.4 Å². The second-order valence-electron chi connectivity index (χ2n) is 7.69. The fraction of sp³-hybridized carbons (Fsp3) is 0.524. The fourth-order valence-corrected chi connectivity index (χ4v) is 3.97. The van der Waals surface area contributed by atoms with Crippen molar-refractivity contribution in [1.29, 1.82) is 0 Å². The third-order valence-corrected chi connectivity index (χ3v) is 5.81. The Labute approximate surface area is 187 Å². The molecule has 1 fully saturated rings. The van der Waals surface area contributed by atoms with Crippen molar-refractivity contribution in [3.05, 3.63) is 54.1 Å². The van der Waals surface area contributed by atoms with Crippen molar-refractivity contribution in [2.45, 2.75) is 50.7 Å². The summed E-state index contributed by atoms with van der Waals surface area (Å²) in [6.07, 6.45) is 3.94. The first kappa shape index (κ1) is 23.7. The second kappa shape index (κ2) is 9.51. The second-order valence-corrected chi connectivity index (χ2v) is 7.69. The molecule has 3 rings (SSSR count). The van der Waals surface area contributed by atoms with Gasteiger partial charge in [-0.25, -0.2) is 17.9 Å². The van der Waals surface area contributed by atoms with Crippen molar-refractivity contribution in [2.24, 2.45) is 13.0 Å². The van der Waals surface area contributed by atoms with Crippen LogP contribution in [0.2, 0.25) is 0 Å². The molecule has 2 N–H and O–H groups in total. The molecule has 29 heavy (non-hydrogen) atoms. The van der Waals surface area contributed by atoms with Crippen molar-refractivity contribution < 1.29 is 47.2 Å². The zero-order valence-electron chi connectivity index (χ0n) is 16.7. The minimum atomic E-state index is -2.84. The largest absolute Gasteiger partial charge is 1.00 e. The number of rotatable bonds is 7. The predicted octanol–water partition coefficient (Wildman–Crippen LogP) is -0.545. The van der Waals surface area contributed by atoms with Crippen molar-refractivity contribution >= 4 is 5.91 Å². The van der Waals surface area contributed by atoms with Gasteiger partial charge in [-0.3, -0.25) is 4.79 Å². The SMILES string of the molecule is Cc1n(CCCNC(=O)[C@](O)(c2ccccc2)C2CCC(F)(F)C2)cc[n+]1C.[I-]. The van der Waals surface area contributed by atoms with Crippen LogP contribution in [-0.4, -0.2) is 28.0 Å². The lowest BCUT2D eigenvalue weighted by atomic mass is 9.79. The number of carbonyl (C=O) groups is 1. The number of alkyl halides is 2. The third kappa shape index (κ3) is 5.14. The van der Waals surface area contributed by atoms with E-state index in [0.29, 0.717) is 18.5 Å². The topological polar surface area (TPSA) is 58.1 Å². The zero-order valence-corrected chi connectivity index (χ0v) is 18.9. The minimum absolute atomic E-state index is 0. The van der Waals surface area contributed by atoms with Crippen LogP contribution in [0.15, 0.2) is 42.7 Å². The van der Waals surface area contributed by atoms with Gasteiger partial charge >= 0.3 is 0 Å². The predicted molar refractivity (Wildman–Crippen MR) is 101 cm³/mol. The van der Waals surface area contributed by atoms with Crippen LogP contribution < -0.4 is 33.9 Å². The lowest BCUT2D eigenvalue weighted by molar-refractivity contribution is -0.677. The number of carbonyl (C=O) groups excluding carboxylic acids is 1. The molecule has 1 aromatic carbocycles. The van der Waals surface area contributed by atoms with Gasteiger partial charge in [-0.15, -0.1) is 0 Å². The number of benzene rings is 1. The number of aromatic nitrogens is 2. The third-order valence-electron chi connectivity index (χ3n) is 5.81. The molecule has 0 bridgehead atoms. The minimum Gasteiger partial charge on any atom is -1.00 e. The number of amides is 1. The summed E-state index contributed by atoms with van der Waals surface area (Å²) in [4.78, 5) is 12.9. The Morgan fingerprint density at radius 3 is 2.62 bits per heavy atom. The van der Waals surface area contributed by atoms with E-state index in [1.165, 1.54) is 0 Å².